The Morgan fingerprint density at radius 3 is 2.05 bits per heavy atom. The van der Waals surface area contributed by atoms with Crippen LogP contribution in [0.3, 0.4) is 0 Å². The number of ether oxygens (including phenoxy) is 1. The molecule has 0 spiro atoms. The zero-order valence-corrected chi connectivity index (χ0v) is 14.1. The molecule has 0 saturated heterocycles. The highest BCUT2D eigenvalue weighted by atomic mass is 16.5. The first kappa shape index (κ1) is 16.6. The summed E-state index contributed by atoms with van der Waals surface area (Å²) in [6, 6.07) is 10.4. The summed E-state index contributed by atoms with van der Waals surface area (Å²) in [6.45, 7) is 9.49. The number of benzene rings is 2. The summed E-state index contributed by atoms with van der Waals surface area (Å²) in [5.41, 5.74) is 7.81. The monoisotopic (exact) mass is 298 g/mol. The van der Waals surface area contributed by atoms with Crippen molar-refractivity contribution in [3.8, 4) is 5.75 Å². The lowest BCUT2D eigenvalue weighted by Gasteiger charge is -2.16. The van der Waals surface area contributed by atoms with Crippen LogP contribution in [0.1, 0.15) is 39.8 Å². The lowest BCUT2D eigenvalue weighted by molar-refractivity contribution is 0.288. The van der Waals surface area contributed by atoms with Gasteiger partial charge in [-0.2, -0.15) is 0 Å². The van der Waals surface area contributed by atoms with Gasteiger partial charge in [0, 0.05) is 6.61 Å². The van der Waals surface area contributed by atoms with Crippen LogP contribution in [-0.2, 0) is 13.0 Å². The molecular formula is C20H26O2. The van der Waals surface area contributed by atoms with Gasteiger partial charge in [0.05, 0.1) is 0 Å². The SMILES string of the molecule is Cc1cc(C)c(C)c(COc2ccc(CCCO)cc2)c1C. The summed E-state index contributed by atoms with van der Waals surface area (Å²) in [5.74, 6) is 0.894. The first-order valence-electron chi connectivity index (χ1n) is 7.91. The zero-order chi connectivity index (χ0) is 16.1. The number of rotatable bonds is 6. The Hall–Kier alpha value is -1.80. The molecule has 2 aromatic rings. The largest absolute Gasteiger partial charge is 0.489 e. The minimum Gasteiger partial charge on any atom is -0.489 e. The van der Waals surface area contributed by atoms with Gasteiger partial charge < -0.3 is 9.84 Å². The summed E-state index contributed by atoms with van der Waals surface area (Å²) in [7, 11) is 0. The van der Waals surface area contributed by atoms with E-state index in [1.807, 2.05) is 12.1 Å². The van der Waals surface area contributed by atoms with E-state index in [4.69, 9.17) is 9.84 Å². The van der Waals surface area contributed by atoms with Gasteiger partial charge in [-0.25, -0.2) is 0 Å². The van der Waals surface area contributed by atoms with Crippen LogP contribution in [0.4, 0.5) is 0 Å². The van der Waals surface area contributed by atoms with Crippen molar-refractivity contribution in [2.24, 2.45) is 0 Å². The van der Waals surface area contributed by atoms with Crippen molar-refractivity contribution in [2.75, 3.05) is 6.61 Å². The highest BCUT2D eigenvalue weighted by Gasteiger charge is 2.09. The molecule has 22 heavy (non-hydrogen) atoms. The normalized spacial score (nSPS) is 10.8. The molecule has 2 aromatic carbocycles. The quantitative estimate of drug-likeness (QED) is 0.855. The van der Waals surface area contributed by atoms with E-state index in [2.05, 4.69) is 45.9 Å². The van der Waals surface area contributed by atoms with Crippen LogP contribution in [0.15, 0.2) is 30.3 Å². The molecule has 0 aromatic heterocycles. The van der Waals surface area contributed by atoms with Crippen molar-refractivity contribution in [1.29, 1.82) is 0 Å². The Morgan fingerprint density at radius 1 is 0.909 bits per heavy atom. The molecule has 0 radical (unpaired) electrons. The van der Waals surface area contributed by atoms with Gasteiger partial charge >= 0.3 is 0 Å². The van der Waals surface area contributed by atoms with Gasteiger partial charge in [0.1, 0.15) is 12.4 Å². The molecular weight excluding hydrogens is 272 g/mol. The average Bonchev–Trinajstić information content (AvgIpc) is 2.52. The lowest BCUT2D eigenvalue weighted by Crippen LogP contribution is -2.04. The van der Waals surface area contributed by atoms with E-state index >= 15 is 0 Å². The van der Waals surface area contributed by atoms with Gasteiger partial charge in [-0.15, -0.1) is 0 Å². The standard InChI is InChI=1S/C20H26O2/c1-14-12-15(2)17(4)20(16(14)3)13-22-19-9-7-18(8-10-19)6-5-11-21/h7-10,12,21H,5-6,11,13H2,1-4H3. The fourth-order valence-corrected chi connectivity index (χ4v) is 2.71. The van der Waals surface area contributed by atoms with Crippen molar-refractivity contribution in [3.63, 3.8) is 0 Å². The Kier molecular flexibility index (Phi) is 5.62. The number of aliphatic hydroxyl groups is 1. The summed E-state index contributed by atoms with van der Waals surface area (Å²) in [6.07, 6.45) is 1.72. The number of aliphatic hydroxyl groups excluding tert-OH is 1. The Labute approximate surface area is 133 Å². The summed E-state index contributed by atoms with van der Waals surface area (Å²) < 4.78 is 5.97. The molecule has 0 aliphatic heterocycles. The van der Waals surface area contributed by atoms with Crippen molar-refractivity contribution in [3.05, 3.63) is 63.7 Å². The van der Waals surface area contributed by atoms with Gasteiger partial charge in [-0.05, 0) is 86.1 Å². The fraction of sp³-hybridized carbons (Fsp3) is 0.400. The second kappa shape index (κ2) is 7.46. The van der Waals surface area contributed by atoms with Gasteiger partial charge in [0.15, 0.2) is 0 Å². The van der Waals surface area contributed by atoms with Crippen LogP contribution in [0, 0.1) is 27.7 Å². The second-order valence-corrected chi connectivity index (χ2v) is 6.00. The Morgan fingerprint density at radius 2 is 1.50 bits per heavy atom. The summed E-state index contributed by atoms with van der Waals surface area (Å²) in [4.78, 5) is 0. The van der Waals surface area contributed by atoms with Crippen LogP contribution < -0.4 is 4.74 Å². The third-order valence-electron chi connectivity index (χ3n) is 4.45. The maximum absolute atomic E-state index is 8.86. The van der Waals surface area contributed by atoms with Gasteiger partial charge in [-0.1, -0.05) is 18.2 Å². The van der Waals surface area contributed by atoms with Crippen LogP contribution in [0.2, 0.25) is 0 Å². The smallest absolute Gasteiger partial charge is 0.119 e. The number of aryl methyl sites for hydroxylation is 3. The van der Waals surface area contributed by atoms with Gasteiger partial charge in [0.2, 0.25) is 0 Å². The maximum atomic E-state index is 8.86. The predicted molar refractivity (Wildman–Crippen MR) is 91.6 cm³/mol. The van der Waals surface area contributed by atoms with Crippen LogP contribution >= 0.6 is 0 Å². The molecule has 0 heterocycles. The molecule has 0 saturated carbocycles. The van der Waals surface area contributed by atoms with E-state index in [0.29, 0.717) is 6.61 Å². The van der Waals surface area contributed by atoms with Crippen molar-refractivity contribution >= 4 is 0 Å². The van der Waals surface area contributed by atoms with E-state index in [0.717, 1.165) is 18.6 Å². The summed E-state index contributed by atoms with van der Waals surface area (Å²) >= 11 is 0. The third kappa shape index (κ3) is 3.89. The van der Waals surface area contributed by atoms with Crippen molar-refractivity contribution < 1.29 is 9.84 Å². The van der Waals surface area contributed by atoms with Crippen LogP contribution in [0.5, 0.6) is 5.75 Å². The lowest BCUT2D eigenvalue weighted by atomic mass is 9.95. The Balaban J connectivity index is 2.07. The van der Waals surface area contributed by atoms with E-state index in [9.17, 15) is 0 Å². The third-order valence-corrected chi connectivity index (χ3v) is 4.45. The first-order chi connectivity index (χ1) is 10.5. The molecule has 0 atom stereocenters. The molecule has 0 aliphatic rings. The first-order valence-corrected chi connectivity index (χ1v) is 7.91. The van der Waals surface area contributed by atoms with E-state index < -0.39 is 0 Å². The molecule has 0 bridgehead atoms. The van der Waals surface area contributed by atoms with E-state index in [1.54, 1.807) is 0 Å². The average molecular weight is 298 g/mol. The van der Waals surface area contributed by atoms with E-state index in [-0.39, 0.29) is 6.61 Å². The second-order valence-electron chi connectivity index (χ2n) is 6.00. The molecule has 0 amide bonds. The summed E-state index contributed by atoms with van der Waals surface area (Å²) in [5, 5.41) is 8.86. The molecule has 2 nitrogen and oxygen atoms in total. The molecule has 2 heteroatoms. The maximum Gasteiger partial charge on any atom is 0.119 e. The minimum atomic E-state index is 0.240. The predicted octanol–water partition coefficient (Wildman–Crippen LogP) is 4.42. The topological polar surface area (TPSA) is 29.5 Å². The van der Waals surface area contributed by atoms with E-state index in [1.165, 1.54) is 33.4 Å². The molecule has 118 valence electrons. The fourth-order valence-electron chi connectivity index (χ4n) is 2.71. The highest BCUT2D eigenvalue weighted by molar-refractivity contribution is 5.44. The van der Waals surface area contributed by atoms with Crippen LogP contribution in [-0.4, -0.2) is 11.7 Å². The Bertz CT molecular complexity index is 601. The van der Waals surface area contributed by atoms with Gasteiger partial charge in [-0.3, -0.25) is 0 Å². The number of hydrogen-bond acceptors (Lipinski definition) is 2. The zero-order valence-electron chi connectivity index (χ0n) is 14.1. The van der Waals surface area contributed by atoms with Crippen LogP contribution in [0.25, 0.3) is 0 Å². The van der Waals surface area contributed by atoms with Gasteiger partial charge in [0.25, 0.3) is 0 Å². The highest BCUT2D eigenvalue weighted by Crippen LogP contribution is 2.23. The molecule has 2 rings (SSSR count). The molecule has 0 fully saturated rings. The molecule has 0 aliphatic carbocycles. The number of hydrogen-bond donors (Lipinski definition) is 1. The van der Waals surface area contributed by atoms with Crippen molar-refractivity contribution in [2.45, 2.75) is 47.1 Å². The van der Waals surface area contributed by atoms with Crippen molar-refractivity contribution in [1.82, 2.24) is 0 Å². The minimum absolute atomic E-state index is 0.240. The molecule has 1 N–H and O–H groups in total. The molecule has 0 unspecified atom stereocenters.